The largest absolute Gasteiger partial charge is 0.372 e. The Kier molecular flexibility index (Phi) is 5.44. The van der Waals surface area contributed by atoms with Crippen molar-refractivity contribution >= 4 is 17.5 Å². The molecule has 1 unspecified atom stereocenters. The smallest absolute Gasteiger partial charge is 0.252 e. The Morgan fingerprint density at radius 2 is 2.41 bits per heavy atom. The third-order valence-corrected chi connectivity index (χ3v) is 3.57. The Bertz CT molecular complexity index is 597. The molecule has 2 rings (SSSR count). The topological polar surface area (TPSA) is 95.3 Å². The van der Waals surface area contributed by atoms with Crippen LogP contribution in [0.15, 0.2) is 18.5 Å². The number of hydrogen-bond acceptors (Lipinski definition) is 5. The number of amides is 2. The minimum absolute atomic E-state index is 0.0497. The standard InChI is InChI=1S/C15H18N4O3/c1-22-13-4-2-3-7-19(15(13)21)10-14(20)18-12-5-6-17-9-11(12)8-16/h5-6,9,13H,2-4,7,10H2,1H3,(H,17,18,20). The molecule has 1 atom stereocenters. The van der Waals surface area contributed by atoms with Crippen molar-refractivity contribution in [3.8, 4) is 6.07 Å². The highest BCUT2D eigenvalue weighted by molar-refractivity contribution is 5.96. The maximum atomic E-state index is 12.2. The molecule has 1 aliphatic heterocycles. The Morgan fingerprint density at radius 1 is 1.59 bits per heavy atom. The van der Waals surface area contributed by atoms with Gasteiger partial charge < -0.3 is 15.0 Å². The Balaban J connectivity index is 2.02. The molecule has 22 heavy (non-hydrogen) atoms. The van der Waals surface area contributed by atoms with Crippen molar-refractivity contribution in [3.05, 3.63) is 24.0 Å². The van der Waals surface area contributed by atoms with E-state index in [2.05, 4.69) is 10.3 Å². The second kappa shape index (κ2) is 7.52. The van der Waals surface area contributed by atoms with Crippen LogP contribution in [0.5, 0.6) is 0 Å². The van der Waals surface area contributed by atoms with Gasteiger partial charge in [-0.15, -0.1) is 0 Å². The third-order valence-electron chi connectivity index (χ3n) is 3.57. The molecule has 0 aromatic carbocycles. The molecule has 0 spiro atoms. The van der Waals surface area contributed by atoms with Gasteiger partial charge in [0.2, 0.25) is 5.91 Å². The summed E-state index contributed by atoms with van der Waals surface area (Å²) in [7, 11) is 1.50. The number of anilines is 1. The van der Waals surface area contributed by atoms with Gasteiger partial charge in [-0.05, 0) is 25.3 Å². The number of nitrogens with zero attached hydrogens (tertiary/aromatic N) is 3. The van der Waals surface area contributed by atoms with Crippen LogP contribution in [0.3, 0.4) is 0 Å². The van der Waals surface area contributed by atoms with E-state index in [0.29, 0.717) is 18.7 Å². The molecule has 1 aromatic rings. The zero-order valence-electron chi connectivity index (χ0n) is 12.4. The van der Waals surface area contributed by atoms with Gasteiger partial charge in [-0.2, -0.15) is 5.26 Å². The number of ether oxygens (including phenoxy) is 1. The first-order valence-corrected chi connectivity index (χ1v) is 7.11. The van der Waals surface area contributed by atoms with E-state index in [1.54, 1.807) is 6.07 Å². The van der Waals surface area contributed by atoms with Gasteiger partial charge in [0.25, 0.3) is 5.91 Å². The van der Waals surface area contributed by atoms with Crippen LogP contribution in [-0.4, -0.2) is 48.0 Å². The lowest BCUT2D eigenvalue weighted by Crippen LogP contribution is -2.43. The van der Waals surface area contributed by atoms with Crippen LogP contribution in [0.4, 0.5) is 5.69 Å². The molecule has 2 amide bonds. The highest BCUT2D eigenvalue weighted by Gasteiger charge is 2.28. The van der Waals surface area contributed by atoms with Gasteiger partial charge in [0.15, 0.2) is 0 Å². The van der Waals surface area contributed by atoms with E-state index >= 15 is 0 Å². The minimum atomic E-state index is -0.481. The maximum Gasteiger partial charge on any atom is 0.252 e. The quantitative estimate of drug-likeness (QED) is 0.892. The van der Waals surface area contributed by atoms with Crippen LogP contribution in [0.1, 0.15) is 24.8 Å². The number of nitrogens with one attached hydrogen (secondary N) is 1. The van der Waals surface area contributed by atoms with Gasteiger partial charge in [0, 0.05) is 26.0 Å². The van der Waals surface area contributed by atoms with E-state index in [1.807, 2.05) is 6.07 Å². The summed E-state index contributed by atoms with van der Waals surface area (Å²) in [6, 6.07) is 3.52. The van der Waals surface area contributed by atoms with Gasteiger partial charge in [-0.1, -0.05) is 0 Å². The van der Waals surface area contributed by atoms with Crippen LogP contribution < -0.4 is 5.32 Å². The molecule has 0 radical (unpaired) electrons. The lowest BCUT2D eigenvalue weighted by atomic mass is 10.2. The van der Waals surface area contributed by atoms with Gasteiger partial charge in [0.1, 0.15) is 12.2 Å². The number of carbonyl (C=O) groups is 2. The zero-order valence-corrected chi connectivity index (χ0v) is 12.4. The summed E-state index contributed by atoms with van der Waals surface area (Å²) in [6.45, 7) is 0.486. The summed E-state index contributed by atoms with van der Waals surface area (Å²) in [4.78, 5) is 29.7. The second-order valence-corrected chi connectivity index (χ2v) is 5.06. The van der Waals surface area contributed by atoms with E-state index in [0.717, 1.165) is 12.8 Å². The van der Waals surface area contributed by atoms with Gasteiger partial charge >= 0.3 is 0 Å². The van der Waals surface area contributed by atoms with Gasteiger partial charge in [0.05, 0.1) is 17.8 Å². The Hall–Kier alpha value is -2.46. The first-order chi connectivity index (χ1) is 10.7. The van der Waals surface area contributed by atoms with Crippen molar-refractivity contribution in [1.82, 2.24) is 9.88 Å². The number of carbonyl (C=O) groups excluding carboxylic acids is 2. The molecule has 1 aliphatic rings. The van der Waals surface area contributed by atoms with Crippen molar-refractivity contribution in [3.63, 3.8) is 0 Å². The van der Waals surface area contributed by atoms with Crippen LogP contribution in [-0.2, 0) is 14.3 Å². The van der Waals surface area contributed by atoms with Crippen molar-refractivity contribution in [2.75, 3.05) is 25.5 Å². The van der Waals surface area contributed by atoms with Gasteiger partial charge in [-0.25, -0.2) is 0 Å². The summed E-state index contributed by atoms with van der Waals surface area (Å²) >= 11 is 0. The van der Waals surface area contributed by atoms with Crippen molar-refractivity contribution in [2.45, 2.75) is 25.4 Å². The Morgan fingerprint density at radius 3 is 3.14 bits per heavy atom. The monoisotopic (exact) mass is 302 g/mol. The van der Waals surface area contributed by atoms with Crippen molar-refractivity contribution < 1.29 is 14.3 Å². The molecule has 0 aliphatic carbocycles. The molecule has 1 fully saturated rings. The average molecular weight is 302 g/mol. The predicted molar refractivity (Wildman–Crippen MR) is 78.8 cm³/mol. The molecule has 7 nitrogen and oxygen atoms in total. The number of methoxy groups -OCH3 is 1. The molecule has 1 N–H and O–H groups in total. The van der Waals surface area contributed by atoms with Crippen LogP contribution >= 0.6 is 0 Å². The molecule has 2 heterocycles. The van der Waals surface area contributed by atoms with Crippen LogP contribution in [0.25, 0.3) is 0 Å². The van der Waals surface area contributed by atoms with Crippen LogP contribution in [0.2, 0.25) is 0 Å². The maximum absolute atomic E-state index is 12.2. The lowest BCUT2D eigenvalue weighted by Gasteiger charge is -2.23. The van der Waals surface area contributed by atoms with Crippen molar-refractivity contribution in [2.24, 2.45) is 0 Å². The number of nitriles is 1. The minimum Gasteiger partial charge on any atom is -0.372 e. The predicted octanol–water partition coefficient (Wildman–Crippen LogP) is 0.919. The number of hydrogen-bond donors (Lipinski definition) is 1. The SMILES string of the molecule is COC1CCCCN(CC(=O)Nc2ccncc2C#N)C1=O. The number of rotatable bonds is 4. The molecule has 1 saturated heterocycles. The van der Waals surface area contributed by atoms with Crippen molar-refractivity contribution in [1.29, 1.82) is 5.26 Å². The normalized spacial score (nSPS) is 18.5. The summed E-state index contributed by atoms with van der Waals surface area (Å²) in [5.41, 5.74) is 0.681. The first kappa shape index (κ1) is 15.9. The fourth-order valence-corrected chi connectivity index (χ4v) is 2.40. The number of likely N-dealkylation sites (tertiary alicyclic amines) is 1. The van der Waals surface area contributed by atoms with E-state index in [9.17, 15) is 9.59 Å². The molecule has 7 heteroatoms. The van der Waals surface area contributed by atoms with E-state index in [1.165, 1.54) is 24.4 Å². The lowest BCUT2D eigenvalue weighted by molar-refractivity contribution is -0.143. The van der Waals surface area contributed by atoms with E-state index < -0.39 is 6.10 Å². The molecule has 0 bridgehead atoms. The molecule has 0 saturated carbocycles. The fourth-order valence-electron chi connectivity index (χ4n) is 2.40. The second-order valence-electron chi connectivity index (χ2n) is 5.06. The molecular weight excluding hydrogens is 284 g/mol. The summed E-state index contributed by atoms with van der Waals surface area (Å²) in [6.07, 6.45) is 4.81. The fraction of sp³-hybridized carbons (Fsp3) is 0.467. The number of pyridine rings is 1. The molecule has 116 valence electrons. The average Bonchev–Trinajstić information content (AvgIpc) is 2.70. The zero-order chi connectivity index (χ0) is 15.9. The van der Waals surface area contributed by atoms with Crippen LogP contribution in [0, 0.1) is 11.3 Å². The van der Waals surface area contributed by atoms with E-state index in [4.69, 9.17) is 10.00 Å². The molecular formula is C15H18N4O3. The third kappa shape index (κ3) is 3.80. The highest BCUT2D eigenvalue weighted by Crippen LogP contribution is 2.15. The Labute approximate surface area is 128 Å². The molecule has 1 aromatic heterocycles. The summed E-state index contributed by atoms with van der Waals surface area (Å²) in [5, 5.41) is 11.6. The highest BCUT2D eigenvalue weighted by atomic mass is 16.5. The first-order valence-electron chi connectivity index (χ1n) is 7.11. The summed E-state index contributed by atoms with van der Waals surface area (Å²) in [5.74, 6) is -0.502. The number of aromatic nitrogens is 1. The summed E-state index contributed by atoms with van der Waals surface area (Å²) < 4.78 is 5.18. The van der Waals surface area contributed by atoms with Gasteiger partial charge in [-0.3, -0.25) is 14.6 Å². The van der Waals surface area contributed by atoms with E-state index in [-0.39, 0.29) is 23.9 Å².